The molecule has 0 heterocycles. The zero-order chi connectivity index (χ0) is 15.2. The highest BCUT2D eigenvalue weighted by atomic mass is 14.5. The minimum absolute atomic E-state index is 0.752. The lowest BCUT2D eigenvalue weighted by Gasteiger charge is -2.09. The average molecular weight is 279 g/mol. The van der Waals surface area contributed by atoms with Crippen molar-refractivity contribution in [1.82, 2.24) is 0 Å². The van der Waals surface area contributed by atoms with Crippen LogP contribution in [-0.2, 0) is 6.42 Å². The molecular weight excluding hydrogens is 254 g/mol. The van der Waals surface area contributed by atoms with Crippen LogP contribution in [0, 0.1) is 20.8 Å². The van der Waals surface area contributed by atoms with Crippen LogP contribution in [0.15, 0.2) is 36.4 Å². The Labute approximate surface area is 128 Å². The Kier molecular flexibility index (Phi) is 5.35. The molecule has 0 aromatic heterocycles. The van der Waals surface area contributed by atoms with Crippen LogP contribution < -0.4 is 5.73 Å². The second-order valence-corrected chi connectivity index (χ2v) is 5.66. The number of benzene rings is 2. The van der Waals surface area contributed by atoms with Crippen LogP contribution in [0.4, 0.5) is 0 Å². The molecule has 0 bridgehead atoms. The quantitative estimate of drug-likeness (QED) is 0.791. The van der Waals surface area contributed by atoms with Gasteiger partial charge >= 0.3 is 0 Å². The molecule has 0 saturated heterocycles. The second-order valence-electron chi connectivity index (χ2n) is 5.66. The lowest BCUT2D eigenvalue weighted by atomic mass is 9.97. The molecular formula is C20H25N. The van der Waals surface area contributed by atoms with E-state index in [9.17, 15) is 0 Å². The molecule has 0 fully saturated rings. The summed E-state index contributed by atoms with van der Waals surface area (Å²) in [5.41, 5.74) is 13.7. The van der Waals surface area contributed by atoms with Crippen LogP contribution in [0.25, 0.3) is 12.2 Å². The second kappa shape index (κ2) is 7.24. The van der Waals surface area contributed by atoms with E-state index in [4.69, 9.17) is 5.73 Å². The minimum Gasteiger partial charge on any atom is -0.330 e. The number of rotatable bonds is 5. The Bertz CT molecular complexity index is 618. The standard InChI is InChI=1S/C20H25N/c1-15-7-4-8-16(2)20(15)13-12-19-10-5-9-18(17(19)3)11-6-14-21/h4-5,7-10,12-13H,6,11,14,21H2,1-3H3/b13-12+. The summed E-state index contributed by atoms with van der Waals surface area (Å²) in [6, 6.07) is 13.0. The predicted molar refractivity (Wildman–Crippen MR) is 93.4 cm³/mol. The third-order valence-corrected chi connectivity index (χ3v) is 4.11. The van der Waals surface area contributed by atoms with Crippen LogP contribution in [0.1, 0.15) is 39.8 Å². The summed E-state index contributed by atoms with van der Waals surface area (Å²) in [7, 11) is 0. The van der Waals surface area contributed by atoms with E-state index in [1.54, 1.807) is 0 Å². The average Bonchev–Trinajstić information content (AvgIpc) is 2.47. The lowest BCUT2D eigenvalue weighted by Crippen LogP contribution is -2.01. The zero-order valence-electron chi connectivity index (χ0n) is 13.3. The molecule has 0 amide bonds. The van der Waals surface area contributed by atoms with Gasteiger partial charge in [0.2, 0.25) is 0 Å². The number of hydrogen-bond donors (Lipinski definition) is 1. The first kappa shape index (κ1) is 15.5. The molecule has 0 spiro atoms. The van der Waals surface area contributed by atoms with Gasteiger partial charge in [0, 0.05) is 0 Å². The van der Waals surface area contributed by atoms with Crippen molar-refractivity contribution in [3.63, 3.8) is 0 Å². The van der Waals surface area contributed by atoms with E-state index in [2.05, 4.69) is 69.3 Å². The van der Waals surface area contributed by atoms with E-state index in [0.29, 0.717) is 0 Å². The molecule has 2 N–H and O–H groups in total. The van der Waals surface area contributed by atoms with Crippen molar-refractivity contribution in [1.29, 1.82) is 0 Å². The topological polar surface area (TPSA) is 26.0 Å². The van der Waals surface area contributed by atoms with E-state index < -0.39 is 0 Å². The predicted octanol–water partition coefficient (Wildman–Crippen LogP) is 4.67. The fourth-order valence-corrected chi connectivity index (χ4v) is 2.71. The van der Waals surface area contributed by atoms with Gasteiger partial charge in [-0.2, -0.15) is 0 Å². The largest absolute Gasteiger partial charge is 0.330 e. The van der Waals surface area contributed by atoms with Crippen molar-refractivity contribution in [2.24, 2.45) is 5.73 Å². The highest BCUT2D eigenvalue weighted by Crippen LogP contribution is 2.20. The van der Waals surface area contributed by atoms with Gasteiger partial charge in [0.1, 0.15) is 0 Å². The molecule has 0 unspecified atom stereocenters. The van der Waals surface area contributed by atoms with Crippen LogP contribution in [0.5, 0.6) is 0 Å². The smallest absolute Gasteiger partial charge is 0.00741 e. The minimum atomic E-state index is 0.752. The van der Waals surface area contributed by atoms with Crippen LogP contribution in [0.3, 0.4) is 0 Å². The first-order valence-electron chi connectivity index (χ1n) is 7.66. The van der Waals surface area contributed by atoms with E-state index in [1.807, 2.05) is 0 Å². The molecule has 0 aliphatic carbocycles. The maximum atomic E-state index is 5.62. The Balaban J connectivity index is 2.29. The van der Waals surface area contributed by atoms with E-state index in [1.165, 1.54) is 33.4 Å². The summed E-state index contributed by atoms with van der Waals surface area (Å²) in [6.07, 6.45) is 6.58. The van der Waals surface area contributed by atoms with Gasteiger partial charge in [0.25, 0.3) is 0 Å². The summed E-state index contributed by atoms with van der Waals surface area (Å²) in [4.78, 5) is 0. The third kappa shape index (κ3) is 3.83. The molecule has 2 aromatic carbocycles. The Hall–Kier alpha value is -1.86. The van der Waals surface area contributed by atoms with Crippen molar-refractivity contribution in [3.8, 4) is 0 Å². The Morgan fingerprint density at radius 2 is 1.57 bits per heavy atom. The first-order chi connectivity index (χ1) is 10.1. The Morgan fingerprint density at radius 1 is 0.905 bits per heavy atom. The number of aryl methyl sites for hydroxylation is 3. The fraction of sp³-hybridized carbons (Fsp3) is 0.300. The van der Waals surface area contributed by atoms with Crippen molar-refractivity contribution >= 4 is 12.2 Å². The molecule has 0 aliphatic rings. The monoisotopic (exact) mass is 279 g/mol. The molecule has 1 heteroatoms. The zero-order valence-corrected chi connectivity index (χ0v) is 13.3. The van der Waals surface area contributed by atoms with Gasteiger partial charge in [-0.15, -0.1) is 0 Å². The van der Waals surface area contributed by atoms with Crippen molar-refractivity contribution in [2.75, 3.05) is 6.54 Å². The maximum Gasteiger partial charge on any atom is -0.00741 e. The highest BCUT2D eigenvalue weighted by molar-refractivity contribution is 5.74. The van der Waals surface area contributed by atoms with Crippen LogP contribution >= 0.6 is 0 Å². The SMILES string of the molecule is Cc1cccc(C)c1/C=C/c1cccc(CCCN)c1C. The molecule has 1 nitrogen and oxygen atoms in total. The molecule has 2 aromatic rings. The highest BCUT2D eigenvalue weighted by Gasteiger charge is 2.02. The van der Waals surface area contributed by atoms with Gasteiger partial charge in [-0.25, -0.2) is 0 Å². The molecule has 0 aliphatic heterocycles. The number of nitrogens with two attached hydrogens (primary N) is 1. The van der Waals surface area contributed by atoms with Crippen LogP contribution in [0.2, 0.25) is 0 Å². The van der Waals surface area contributed by atoms with Crippen molar-refractivity contribution in [2.45, 2.75) is 33.6 Å². The van der Waals surface area contributed by atoms with Gasteiger partial charge in [0.15, 0.2) is 0 Å². The van der Waals surface area contributed by atoms with Gasteiger partial charge in [-0.05, 0) is 73.5 Å². The van der Waals surface area contributed by atoms with Gasteiger partial charge < -0.3 is 5.73 Å². The molecule has 0 saturated carbocycles. The van der Waals surface area contributed by atoms with Crippen molar-refractivity contribution in [3.05, 3.63) is 69.8 Å². The van der Waals surface area contributed by atoms with Gasteiger partial charge in [-0.1, -0.05) is 48.6 Å². The first-order valence-corrected chi connectivity index (χ1v) is 7.66. The molecule has 2 rings (SSSR count). The third-order valence-electron chi connectivity index (χ3n) is 4.11. The van der Waals surface area contributed by atoms with E-state index in [0.717, 1.165) is 19.4 Å². The number of hydrogen-bond acceptors (Lipinski definition) is 1. The van der Waals surface area contributed by atoms with E-state index >= 15 is 0 Å². The summed E-state index contributed by atoms with van der Waals surface area (Å²) >= 11 is 0. The normalized spacial score (nSPS) is 11.2. The lowest BCUT2D eigenvalue weighted by molar-refractivity contribution is 0.827. The van der Waals surface area contributed by atoms with E-state index in [-0.39, 0.29) is 0 Å². The van der Waals surface area contributed by atoms with Crippen molar-refractivity contribution < 1.29 is 0 Å². The summed E-state index contributed by atoms with van der Waals surface area (Å²) < 4.78 is 0. The summed E-state index contributed by atoms with van der Waals surface area (Å²) in [5, 5.41) is 0. The summed E-state index contributed by atoms with van der Waals surface area (Å²) in [5.74, 6) is 0. The molecule has 0 atom stereocenters. The molecule has 110 valence electrons. The van der Waals surface area contributed by atoms with Crippen LogP contribution in [-0.4, -0.2) is 6.54 Å². The Morgan fingerprint density at radius 3 is 2.24 bits per heavy atom. The fourth-order valence-electron chi connectivity index (χ4n) is 2.71. The molecule has 0 radical (unpaired) electrons. The molecule has 21 heavy (non-hydrogen) atoms. The van der Waals surface area contributed by atoms with Gasteiger partial charge in [-0.3, -0.25) is 0 Å². The summed E-state index contributed by atoms with van der Waals surface area (Å²) in [6.45, 7) is 7.28. The van der Waals surface area contributed by atoms with Gasteiger partial charge in [0.05, 0.1) is 0 Å². The maximum absolute atomic E-state index is 5.62.